The van der Waals surface area contributed by atoms with Gasteiger partial charge in [0.15, 0.2) is 0 Å². The van der Waals surface area contributed by atoms with Crippen LogP contribution in [0.3, 0.4) is 0 Å². The minimum Gasteiger partial charge on any atom is -0.299 e. The first-order chi connectivity index (χ1) is 6.75. The topological polar surface area (TPSA) is 3.24 Å². The van der Waals surface area contributed by atoms with E-state index in [4.69, 9.17) is 0 Å². The number of benzene rings is 1. The van der Waals surface area contributed by atoms with E-state index < -0.39 is 11.6 Å². The van der Waals surface area contributed by atoms with Crippen molar-refractivity contribution >= 4 is 0 Å². The predicted molar refractivity (Wildman–Crippen MR) is 50.9 cm³/mol. The number of halogens is 2. The molecular formula is C11H13F2N. The molecule has 0 unspecified atom stereocenters. The summed E-state index contributed by atoms with van der Waals surface area (Å²) in [6, 6.07) is 3.79. The van der Waals surface area contributed by atoms with E-state index in [1.807, 2.05) is 0 Å². The Hall–Kier alpha value is -0.960. The molecule has 0 bridgehead atoms. The lowest BCUT2D eigenvalue weighted by Gasteiger charge is -2.14. The predicted octanol–water partition coefficient (Wildman–Crippen LogP) is 2.56. The Balaban J connectivity index is 2.08. The first kappa shape index (κ1) is 9.59. The molecule has 0 amide bonds. The van der Waals surface area contributed by atoms with Crippen molar-refractivity contribution in [3.63, 3.8) is 0 Å². The number of likely N-dealkylation sites (tertiary alicyclic amines) is 1. The molecule has 0 atom stereocenters. The zero-order chi connectivity index (χ0) is 9.97. The summed E-state index contributed by atoms with van der Waals surface area (Å²) in [5.74, 6) is -0.940. The van der Waals surface area contributed by atoms with Crippen LogP contribution in [0.25, 0.3) is 0 Å². The van der Waals surface area contributed by atoms with Gasteiger partial charge in [-0.05, 0) is 32.0 Å². The Bertz CT molecular complexity index is 319. The zero-order valence-electron chi connectivity index (χ0n) is 7.97. The van der Waals surface area contributed by atoms with Gasteiger partial charge >= 0.3 is 0 Å². The molecule has 14 heavy (non-hydrogen) atoms. The Morgan fingerprint density at radius 1 is 1.14 bits per heavy atom. The highest BCUT2D eigenvalue weighted by atomic mass is 19.1. The van der Waals surface area contributed by atoms with E-state index in [0.717, 1.165) is 19.2 Å². The molecule has 0 N–H and O–H groups in total. The Morgan fingerprint density at radius 2 is 1.86 bits per heavy atom. The van der Waals surface area contributed by atoms with Gasteiger partial charge in [0.1, 0.15) is 11.6 Å². The highest BCUT2D eigenvalue weighted by Gasteiger charge is 2.13. The molecule has 1 nitrogen and oxygen atoms in total. The summed E-state index contributed by atoms with van der Waals surface area (Å²) in [6.07, 6.45) is 2.37. The van der Waals surface area contributed by atoms with Crippen molar-refractivity contribution in [2.75, 3.05) is 13.1 Å². The van der Waals surface area contributed by atoms with Crippen LogP contribution in [0.4, 0.5) is 8.78 Å². The molecule has 3 heteroatoms. The molecule has 0 aromatic heterocycles. The molecule has 0 radical (unpaired) electrons. The average molecular weight is 197 g/mol. The average Bonchev–Trinajstić information content (AvgIpc) is 2.62. The molecule has 0 spiro atoms. The molecule has 1 heterocycles. The molecule has 1 aliphatic heterocycles. The maximum Gasteiger partial charge on any atom is 0.130 e. The summed E-state index contributed by atoms with van der Waals surface area (Å²) < 4.78 is 25.8. The van der Waals surface area contributed by atoms with Gasteiger partial charge < -0.3 is 0 Å². The maximum absolute atomic E-state index is 13.2. The Labute approximate surface area is 82.3 Å². The summed E-state index contributed by atoms with van der Waals surface area (Å²) in [5, 5.41) is 0. The smallest absolute Gasteiger partial charge is 0.130 e. The van der Waals surface area contributed by atoms with Crippen LogP contribution >= 0.6 is 0 Å². The molecule has 1 aliphatic rings. The van der Waals surface area contributed by atoms with Gasteiger partial charge in [0, 0.05) is 18.2 Å². The summed E-state index contributed by atoms with van der Waals surface area (Å²) in [5.41, 5.74) is 0.591. The van der Waals surface area contributed by atoms with Crippen molar-refractivity contribution in [2.45, 2.75) is 19.4 Å². The van der Waals surface area contributed by atoms with Crippen LogP contribution in [0.1, 0.15) is 18.4 Å². The van der Waals surface area contributed by atoms with Crippen molar-refractivity contribution in [3.8, 4) is 0 Å². The van der Waals surface area contributed by atoms with Crippen LogP contribution < -0.4 is 0 Å². The van der Waals surface area contributed by atoms with Crippen molar-refractivity contribution in [1.82, 2.24) is 4.90 Å². The third kappa shape index (κ3) is 2.10. The number of rotatable bonds is 2. The third-order valence-corrected chi connectivity index (χ3v) is 2.61. The van der Waals surface area contributed by atoms with E-state index in [1.54, 1.807) is 0 Å². The SMILES string of the molecule is Fc1ccc(CN2CCCC2)c(F)c1. The van der Waals surface area contributed by atoms with Crippen LogP contribution in [-0.4, -0.2) is 18.0 Å². The second-order valence-corrected chi connectivity index (χ2v) is 3.72. The van der Waals surface area contributed by atoms with Gasteiger partial charge in [0.05, 0.1) is 0 Å². The van der Waals surface area contributed by atoms with Crippen LogP contribution in [-0.2, 0) is 6.54 Å². The highest BCUT2D eigenvalue weighted by Crippen LogP contribution is 2.15. The largest absolute Gasteiger partial charge is 0.299 e. The molecule has 2 rings (SSSR count). The molecular weight excluding hydrogens is 184 g/mol. The Morgan fingerprint density at radius 3 is 2.50 bits per heavy atom. The minimum absolute atomic E-state index is 0.433. The molecule has 1 saturated heterocycles. The van der Waals surface area contributed by atoms with Crippen LogP contribution in [0.15, 0.2) is 18.2 Å². The van der Waals surface area contributed by atoms with Crippen molar-refractivity contribution in [2.24, 2.45) is 0 Å². The monoisotopic (exact) mass is 197 g/mol. The molecule has 1 fully saturated rings. The van der Waals surface area contributed by atoms with Gasteiger partial charge in [-0.3, -0.25) is 4.90 Å². The van der Waals surface area contributed by atoms with E-state index in [9.17, 15) is 8.78 Å². The normalized spacial score (nSPS) is 17.6. The van der Waals surface area contributed by atoms with E-state index in [-0.39, 0.29) is 0 Å². The van der Waals surface area contributed by atoms with Crippen LogP contribution in [0.5, 0.6) is 0 Å². The van der Waals surface area contributed by atoms with E-state index in [2.05, 4.69) is 4.90 Å². The van der Waals surface area contributed by atoms with Crippen LogP contribution in [0, 0.1) is 11.6 Å². The maximum atomic E-state index is 13.2. The number of nitrogens with zero attached hydrogens (tertiary/aromatic N) is 1. The molecule has 0 aliphatic carbocycles. The zero-order valence-corrected chi connectivity index (χ0v) is 7.97. The number of hydrogen-bond donors (Lipinski definition) is 0. The quantitative estimate of drug-likeness (QED) is 0.704. The minimum atomic E-state index is -0.507. The Kier molecular flexibility index (Phi) is 2.77. The summed E-state index contributed by atoms with van der Waals surface area (Å²) in [7, 11) is 0. The van der Waals surface area contributed by atoms with Gasteiger partial charge in [0.25, 0.3) is 0 Å². The fourth-order valence-corrected chi connectivity index (χ4v) is 1.83. The summed E-state index contributed by atoms with van der Waals surface area (Å²) in [6.45, 7) is 2.65. The van der Waals surface area contributed by atoms with Gasteiger partial charge in [-0.15, -0.1) is 0 Å². The van der Waals surface area contributed by atoms with Gasteiger partial charge in [0.2, 0.25) is 0 Å². The number of hydrogen-bond acceptors (Lipinski definition) is 1. The van der Waals surface area contributed by atoms with Crippen molar-refractivity contribution < 1.29 is 8.78 Å². The van der Waals surface area contributed by atoms with E-state index >= 15 is 0 Å². The third-order valence-electron chi connectivity index (χ3n) is 2.61. The molecule has 1 aromatic carbocycles. The van der Waals surface area contributed by atoms with Gasteiger partial charge in [-0.25, -0.2) is 8.78 Å². The van der Waals surface area contributed by atoms with Gasteiger partial charge in [-0.2, -0.15) is 0 Å². The second-order valence-electron chi connectivity index (χ2n) is 3.72. The first-order valence-electron chi connectivity index (χ1n) is 4.92. The fourth-order valence-electron chi connectivity index (χ4n) is 1.83. The van der Waals surface area contributed by atoms with Crippen LogP contribution in [0.2, 0.25) is 0 Å². The summed E-state index contributed by atoms with van der Waals surface area (Å²) >= 11 is 0. The standard InChI is InChI=1S/C11H13F2N/c12-10-4-3-9(11(13)7-10)8-14-5-1-2-6-14/h3-4,7H,1-2,5-6,8H2. The van der Waals surface area contributed by atoms with Gasteiger partial charge in [-0.1, -0.05) is 6.07 Å². The molecule has 76 valence electrons. The second kappa shape index (κ2) is 4.05. The van der Waals surface area contributed by atoms with Crippen molar-refractivity contribution in [1.29, 1.82) is 0 Å². The lowest BCUT2D eigenvalue weighted by atomic mass is 10.2. The molecule has 1 aromatic rings. The van der Waals surface area contributed by atoms with Crippen molar-refractivity contribution in [3.05, 3.63) is 35.4 Å². The first-order valence-corrected chi connectivity index (χ1v) is 4.92. The summed E-state index contributed by atoms with van der Waals surface area (Å²) in [4.78, 5) is 2.19. The lowest BCUT2D eigenvalue weighted by Crippen LogP contribution is -2.19. The lowest BCUT2D eigenvalue weighted by molar-refractivity contribution is 0.325. The van der Waals surface area contributed by atoms with E-state index in [1.165, 1.54) is 25.0 Å². The van der Waals surface area contributed by atoms with E-state index in [0.29, 0.717) is 12.1 Å². The molecule has 0 saturated carbocycles. The fraction of sp³-hybridized carbons (Fsp3) is 0.455. The highest BCUT2D eigenvalue weighted by molar-refractivity contribution is 5.18.